The Hall–Kier alpha value is -1.49. The number of carbonyl (C=O) groups excluding carboxylic acids is 1. The molecule has 0 aliphatic carbocycles. The maximum absolute atomic E-state index is 11.5. The molecule has 14 heavy (non-hydrogen) atoms. The molecule has 0 saturated heterocycles. The summed E-state index contributed by atoms with van der Waals surface area (Å²) in [6, 6.07) is 1.86. The van der Waals surface area contributed by atoms with Crippen LogP contribution < -0.4 is 0 Å². The smallest absolute Gasteiger partial charge is 0.164 e. The Balaban J connectivity index is 2.59. The lowest BCUT2D eigenvalue weighted by molar-refractivity contribution is 0.0981. The third-order valence-corrected chi connectivity index (χ3v) is 2.06. The minimum Gasteiger partial charge on any atom is -0.353 e. The molecule has 0 spiro atoms. The number of terminal acetylenes is 1. The van der Waals surface area contributed by atoms with E-state index in [-0.39, 0.29) is 5.78 Å². The maximum atomic E-state index is 11.5. The van der Waals surface area contributed by atoms with Crippen LogP contribution in [0, 0.1) is 12.3 Å². The van der Waals surface area contributed by atoms with Crippen molar-refractivity contribution in [2.75, 3.05) is 0 Å². The molecular weight excluding hydrogens is 174 g/mol. The monoisotopic (exact) mass is 189 g/mol. The van der Waals surface area contributed by atoms with E-state index < -0.39 is 0 Å². The first kappa shape index (κ1) is 10.6. The van der Waals surface area contributed by atoms with Crippen molar-refractivity contribution in [3.63, 3.8) is 0 Å². The third kappa shape index (κ3) is 2.77. The maximum Gasteiger partial charge on any atom is 0.164 e. The van der Waals surface area contributed by atoms with E-state index in [1.807, 2.05) is 30.0 Å². The summed E-state index contributed by atoms with van der Waals surface area (Å²) in [7, 11) is 0. The SMILES string of the molecule is C#CCCn1ccc(C(=O)CCC)c1. The first-order valence-electron chi connectivity index (χ1n) is 4.90. The Morgan fingerprint density at radius 1 is 1.64 bits per heavy atom. The molecule has 0 aromatic carbocycles. The van der Waals surface area contributed by atoms with E-state index in [4.69, 9.17) is 6.42 Å². The lowest BCUT2D eigenvalue weighted by Gasteiger charge is -1.97. The van der Waals surface area contributed by atoms with Crippen molar-refractivity contribution >= 4 is 5.78 Å². The fourth-order valence-electron chi connectivity index (χ4n) is 1.31. The second-order valence-electron chi connectivity index (χ2n) is 3.27. The average molecular weight is 189 g/mol. The molecule has 1 aromatic heterocycles. The van der Waals surface area contributed by atoms with E-state index in [1.165, 1.54) is 0 Å². The molecule has 2 heteroatoms. The fourth-order valence-corrected chi connectivity index (χ4v) is 1.31. The number of Topliss-reactive ketones (excluding diaryl/α,β-unsaturated/α-hetero) is 1. The van der Waals surface area contributed by atoms with Crippen LogP contribution in [0.3, 0.4) is 0 Å². The first-order valence-corrected chi connectivity index (χ1v) is 4.90. The van der Waals surface area contributed by atoms with Gasteiger partial charge in [0.15, 0.2) is 5.78 Å². The number of carbonyl (C=O) groups is 1. The quantitative estimate of drug-likeness (QED) is 0.515. The number of aryl methyl sites for hydroxylation is 1. The molecular formula is C12H15NO. The standard InChI is InChI=1S/C12H15NO/c1-3-5-8-13-9-7-11(10-13)12(14)6-4-2/h1,7,9-10H,4-6,8H2,2H3. The van der Waals surface area contributed by atoms with Crippen LogP contribution in [-0.2, 0) is 6.54 Å². The van der Waals surface area contributed by atoms with E-state index in [9.17, 15) is 4.79 Å². The molecule has 1 rings (SSSR count). The van der Waals surface area contributed by atoms with Crippen LogP contribution in [0.2, 0.25) is 0 Å². The summed E-state index contributed by atoms with van der Waals surface area (Å²) in [5.74, 6) is 2.79. The van der Waals surface area contributed by atoms with Gasteiger partial charge >= 0.3 is 0 Å². The molecule has 0 atom stereocenters. The van der Waals surface area contributed by atoms with Crippen LogP contribution >= 0.6 is 0 Å². The molecule has 1 heterocycles. The normalized spacial score (nSPS) is 9.71. The molecule has 0 amide bonds. The zero-order chi connectivity index (χ0) is 10.4. The minimum atomic E-state index is 0.215. The highest BCUT2D eigenvalue weighted by molar-refractivity contribution is 5.95. The van der Waals surface area contributed by atoms with Gasteiger partial charge < -0.3 is 4.57 Å². The van der Waals surface area contributed by atoms with Crippen molar-refractivity contribution in [3.05, 3.63) is 24.0 Å². The molecule has 0 aliphatic heterocycles. The fraction of sp³-hybridized carbons (Fsp3) is 0.417. The van der Waals surface area contributed by atoms with Gasteiger partial charge in [0.2, 0.25) is 0 Å². The summed E-state index contributed by atoms with van der Waals surface area (Å²) in [4.78, 5) is 11.5. The van der Waals surface area contributed by atoms with Gasteiger partial charge in [-0.1, -0.05) is 6.92 Å². The zero-order valence-electron chi connectivity index (χ0n) is 8.49. The van der Waals surface area contributed by atoms with Crippen molar-refractivity contribution in [2.45, 2.75) is 32.7 Å². The van der Waals surface area contributed by atoms with E-state index in [0.29, 0.717) is 12.8 Å². The number of rotatable bonds is 5. The van der Waals surface area contributed by atoms with E-state index >= 15 is 0 Å². The van der Waals surface area contributed by atoms with E-state index in [0.717, 1.165) is 18.5 Å². The van der Waals surface area contributed by atoms with E-state index in [2.05, 4.69) is 5.92 Å². The summed E-state index contributed by atoms with van der Waals surface area (Å²) >= 11 is 0. The molecule has 2 nitrogen and oxygen atoms in total. The number of ketones is 1. The summed E-state index contributed by atoms with van der Waals surface area (Å²) in [6.07, 6.45) is 11.2. The highest BCUT2D eigenvalue weighted by atomic mass is 16.1. The summed E-state index contributed by atoms with van der Waals surface area (Å²) < 4.78 is 1.96. The second kappa shape index (κ2) is 5.29. The van der Waals surface area contributed by atoms with Crippen LogP contribution in [-0.4, -0.2) is 10.4 Å². The molecule has 0 radical (unpaired) electrons. The molecule has 74 valence electrons. The van der Waals surface area contributed by atoms with Gasteiger partial charge in [0, 0.05) is 37.3 Å². The predicted octanol–water partition coefficient (Wildman–Crippen LogP) is 2.49. The zero-order valence-corrected chi connectivity index (χ0v) is 8.49. The highest BCUT2D eigenvalue weighted by Gasteiger charge is 2.05. The molecule has 0 fully saturated rings. The summed E-state index contributed by atoms with van der Waals surface area (Å²) in [6.45, 7) is 2.79. The lowest BCUT2D eigenvalue weighted by atomic mass is 10.1. The Labute approximate surface area is 84.9 Å². The van der Waals surface area contributed by atoms with Gasteiger partial charge in [-0.15, -0.1) is 12.3 Å². The molecule has 0 unspecified atom stereocenters. The highest BCUT2D eigenvalue weighted by Crippen LogP contribution is 2.06. The van der Waals surface area contributed by atoms with Crippen LogP contribution in [0.25, 0.3) is 0 Å². The number of nitrogens with zero attached hydrogens (tertiary/aromatic N) is 1. The van der Waals surface area contributed by atoms with Gasteiger partial charge in [-0.25, -0.2) is 0 Å². The van der Waals surface area contributed by atoms with Crippen LogP contribution in [0.15, 0.2) is 18.5 Å². The first-order chi connectivity index (χ1) is 6.77. The van der Waals surface area contributed by atoms with Crippen LogP contribution in [0.4, 0.5) is 0 Å². The average Bonchev–Trinajstić information content (AvgIpc) is 2.63. The van der Waals surface area contributed by atoms with Gasteiger partial charge in [0.25, 0.3) is 0 Å². The van der Waals surface area contributed by atoms with Gasteiger partial charge in [-0.2, -0.15) is 0 Å². The van der Waals surface area contributed by atoms with Gasteiger partial charge in [0.1, 0.15) is 0 Å². The van der Waals surface area contributed by atoms with Crippen molar-refractivity contribution < 1.29 is 4.79 Å². The van der Waals surface area contributed by atoms with Crippen LogP contribution in [0.5, 0.6) is 0 Å². The van der Waals surface area contributed by atoms with Crippen molar-refractivity contribution in [1.29, 1.82) is 0 Å². The minimum absolute atomic E-state index is 0.215. The van der Waals surface area contributed by atoms with Crippen molar-refractivity contribution in [1.82, 2.24) is 4.57 Å². The number of aromatic nitrogens is 1. The van der Waals surface area contributed by atoms with E-state index in [1.54, 1.807) is 0 Å². The van der Waals surface area contributed by atoms with Gasteiger partial charge in [-0.3, -0.25) is 4.79 Å². The van der Waals surface area contributed by atoms with Crippen molar-refractivity contribution in [2.24, 2.45) is 0 Å². The van der Waals surface area contributed by atoms with Gasteiger partial charge in [0.05, 0.1) is 0 Å². The topological polar surface area (TPSA) is 22.0 Å². The summed E-state index contributed by atoms with van der Waals surface area (Å²) in [5, 5.41) is 0. The lowest BCUT2D eigenvalue weighted by Crippen LogP contribution is -1.97. The molecule has 0 N–H and O–H groups in total. The van der Waals surface area contributed by atoms with Gasteiger partial charge in [-0.05, 0) is 12.5 Å². The van der Waals surface area contributed by atoms with Crippen molar-refractivity contribution in [3.8, 4) is 12.3 Å². The van der Waals surface area contributed by atoms with Crippen LogP contribution in [0.1, 0.15) is 36.5 Å². The summed E-state index contributed by atoms with van der Waals surface area (Å²) in [5.41, 5.74) is 0.795. The Kier molecular flexibility index (Phi) is 4.00. The molecule has 0 aliphatic rings. The molecule has 1 aromatic rings. The Morgan fingerprint density at radius 2 is 2.43 bits per heavy atom. The molecule has 0 bridgehead atoms. The predicted molar refractivity (Wildman–Crippen MR) is 57.1 cm³/mol. The Morgan fingerprint density at radius 3 is 3.07 bits per heavy atom. The largest absolute Gasteiger partial charge is 0.353 e. The third-order valence-electron chi connectivity index (χ3n) is 2.06. The Bertz CT molecular complexity index is 343. The number of hydrogen-bond donors (Lipinski definition) is 0. The molecule has 0 saturated carbocycles. The second-order valence-corrected chi connectivity index (χ2v) is 3.27. The number of hydrogen-bond acceptors (Lipinski definition) is 1.